The smallest absolute Gasteiger partial charge is 0.262 e. The summed E-state index contributed by atoms with van der Waals surface area (Å²) in [6, 6.07) is 12.8. The monoisotopic (exact) mass is 439 g/mol. The van der Waals surface area contributed by atoms with Gasteiger partial charge in [0.05, 0.1) is 17.6 Å². The predicted octanol–water partition coefficient (Wildman–Crippen LogP) is 4.11. The van der Waals surface area contributed by atoms with Crippen LogP contribution in [0, 0.1) is 13.8 Å². The predicted molar refractivity (Wildman–Crippen MR) is 120 cm³/mol. The van der Waals surface area contributed by atoms with Crippen LogP contribution < -0.4 is 10.9 Å². The Bertz CT molecular complexity index is 1310. The Hall–Kier alpha value is -3.10. The average molecular weight is 440 g/mol. The largest absolute Gasteiger partial charge is 0.325 e. The molecular weight excluding hydrogens is 422 g/mol. The molecule has 1 amide bonds. The molecule has 2 aromatic heterocycles. The molecule has 0 unspecified atom stereocenters. The van der Waals surface area contributed by atoms with Crippen molar-refractivity contribution in [3.63, 3.8) is 0 Å². The lowest BCUT2D eigenvalue weighted by molar-refractivity contribution is -0.113. The summed E-state index contributed by atoms with van der Waals surface area (Å²) >= 11 is 7.08. The highest BCUT2D eigenvalue weighted by molar-refractivity contribution is 7.99. The van der Waals surface area contributed by atoms with Crippen molar-refractivity contribution in [2.75, 3.05) is 11.1 Å². The molecule has 7 nitrogen and oxygen atoms in total. The first-order valence-electron chi connectivity index (χ1n) is 9.15. The number of carbonyl (C=O) groups excluding carboxylic acids is 1. The number of aryl methyl sites for hydroxylation is 1. The normalized spacial score (nSPS) is 11.0. The third-order valence-electron chi connectivity index (χ3n) is 4.67. The van der Waals surface area contributed by atoms with Crippen molar-refractivity contribution in [1.29, 1.82) is 0 Å². The first-order valence-corrected chi connectivity index (χ1v) is 10.5. The summed E-state index contributed by atoms with van der Waals surface area (Å²) in [5.41, 5.74) is 3.79. The molecule has 0 bridgehead atoms. The molecule has 2 N–H and O–H groups in total. The fourth-order valence-electron chi connectivity index (χ4n) is 3.01. The van der Waals surface area contributed by atoms with Crippen molar-refractivity contribution in [3.05, 3.63) is 75.2 Å². The number of aromatic amines is 1. The Kier molecular flexibility index (Phi) is 5.61. The zero-order valence-electron chi connectivity index (χ0n) is 16.3. The van der Waals surface area contributed by atoms with Crippen molar-refractivity contribution >= 4 is 46.0 Å². The highest BCUT2D eigenvalue weighted by Gasteiger charge is 2.14. The number of nitrogens with zero attached hydrogens (tertiary/aromatic N) is 3. The lowest BCUT2D eigenvalue weighted by Crippen LogP contribution is -2.15. The second-order valence-corrected chi connectivity index (χ2v) is 8.13. The first kappa shape index (κ1) is 20.2. The fourth-order valence-corrected chi connectivity index (χ4v) is 3.85. The zero-order valence-corrected chi connectivity index (χ0v) is 17.8. The molecule has 0 aliphatic heterocycles. The van der Waals surface area contributed by atoms with E-state index in [-0.39, 0.29) is 17.2 Å². The van der Waals surface area contributed by atoms with E-state index in [2.05, 4.69) is 20.4 Å². The van der Waals surface area contributed by atoms with Crippen LogP contribution in [0.5, 0.6) is 0 Å². The molecule has 0 aliphatic rings. The van der Waals surface area contributed by atoms with Gasteiger partial charge in [-0.1, -0.05) is 41.6 Å². The highest BCUT2D eigenvalue weighted by atomic mass is 35.5. The van der Waals surface area contributed by atoms with Gasteiger partial charge in [0.2, 0.25) is 5.91 Å². The molecule has 0 saturated heterocycles. The summed E-state index contributed by atoms with van der Waals surface area (Å²) in [5.74, 6) is -0.147. The van der Waals surface area contributed by atoms with Gasteiger partial charge < -0.3 is 10.3 Å². The van der Waals surface area contributed by atoms with Crippen LogP contribution in [-0.2, 0) is 4.79 Å². The molecule has 4 rings (SSSR count). The van der Waals surface area contributed by atoms with Gasteiger partial charge in [0.1, 0.15) is 5.39 Å². The van der Waals surface area contributed by atoms with Gasteiger partial charge in [-0.05, 0) is 49.2 Å². The third-order valence-corrected chi connectivity index (χ3v) is 5.78. The minimum Gasteiger partial charge on any atom is -0.325 e. The molecule has 4 aromatic rings. The molecule has 30 heavy (non-hydrogen) atoms. The van der Waals surface area contributed by atoms with Crippen LogP contribution in [0.4, 0.5) is 5.69 Å². The van der Waals surface area contributed by atoms with E-state index in [4.69, 9.17) is 11.6 Å². The second-order valence-electron chi connectivity index (χ2n) is 6.73. The molecule has 152 valence electrons. The first-order chi connectivity index (χ1) is 14.4. The van der Waals surface area contributed by atoms with Gasteiger partial charge in [-0.3, -0.25) is 9.59 Å². The number of amides is 1. The van der Waals surface area contributed by atoms with Gasteiger partial charge in [0.15, 0.2) is 10.8 Å². The number of fused-ring (bicyclic) bond motifs is 1. The lowest BCUT2D eigenvalue weighted by atomic mass is 10.1. The van der Waals surface area contributed by atoms with Crippen molar-refractivity contribution in [1.82, 2.24) is 19.7 Å². The standard InChI is InChI=1S/C21H18ClN5O2S/c1-12-5-3-8-17(13(12)2)27-19-16(10-23-27)20(29)26-21(25-19)30-11-18(28)24-15-7-4-6-14(22)9-15/h3-10H,11H2,1-2H3,(H,24,28)(H,25,26,29). The summed E-state index contributed by atoms with van der Waals surface area (Å²) in [6.45, 7) is 4.02. The van der Waals surface area contributed by atoms with E-state index >= 15 is 0 Å². The Morgan fingerprint density at radius 1 is 1.23 bits per heavy atom. The number of halogens is 1. The van der Waals surface area contributed by atoms with Crippen molar-refractivity contribution in [2.24, 2.45) is 0 Å². The number of aromatic nitrogens is 4. The van der Waals surface area contributed by atoms with Crippen molar-refractivity contribution in [2.45, 2.75) is 19.0 Å². The quantitative estimate of drug-likeness (QED) is 0.360. The van der Waals surface area contributed by atoms with Crippen LogP contribution in [0.25, 0.3) is 16.7 Å². The topological polar surface area (TPSA) is 92.7 Å². The van der Waals surface area contributed by atoms with Gasteiger partial charge in [-0.15, -0.1) is 0 Å². The Morgan fingerprint density at radius 3 is 2.83 bits per heavy atom. The van der Waals surface area contributed by atoms with Gasteiger partial charge >= 0.3 is 0 Å². The summed E-state index contributed by atoms with van der Waals surface area (Å²) in [4.78, 5) is 32.0. The van der Waals surface area contributed by atoms with Crippen LogP contribution in [0.1, 0.15) is 11.1 Å². The molecular formula is C21H18ClN5O2S. The Labute approximate surface area is 181 Å². The molecule has 9 heteroatoms. The number of rotatable bonds is 5. The van der Waals surface area contributed by atoms with E-state index in [1.54, 1.807) is 28.9 Å². The maximum Gasteiger partial charge on any atom is 0.262 e. The van der Waals surface area contributed by atoms with Gasteiger partial charge in [0.25, 0.3) is 5.56 Å². The van der Waals surface area contributed by atoms with Crippen LogP contribution in [-0.4, -0.2) is 31.4 Å². The van der Waals surface area contributed by atoms with Crippen molar-refractivity contribution in [3.8, 4) is 5.69 Å². The molecule has 2 aromatic carbocycles. The maximum absolute atomic E-state index is 12.5. The minimum atomic E-state index is -0.297. The fraction of sp³-hybridized carbons (Fsp3) is 0.143. The average Bonchev–Trinajstić information content (AvgIpc) is 3.13. The molecule has 2 heterocycles. The van der Waals surface area contributed by atoms with Gasteiger partial charge in [-0.2, -0.15) is 5.10 Å². The number of hydrogen-bond donors (Lipinski definition) is 2. The molecule has 0 radical (unpaired) electrons. The molecule has 0 aliphatic carbocycles. The summed E-state index contributed by atoms with van der Waals surface area (Å²) < 4.78 is 1.66. The Morgan fingerprint density at radius 2 is 2.03 bits per heavy atom. The van der Waals surface area contributed by atoms with Crippen LogP contribution in [0.3, 0.4) is 0 Å². The van der Waals surface area contributed by atoms with Gasteiger partial charge in [-0.25, -0.2) is 9.67 Å². The zero-order chi connectivity index (χ0) is 21.3. The van der Waals surface area contributed by atoms with Crippen LogP contribution in [0.2, 0.25) is 5.02 Å². The molecule has 0 atom stereocenters. The number of anilines is 1. The van der Waals surface area contributed by atoms with E-state index in [1.807, 2.05) is 32.0 Å². The maximum atomic E-state index is 12.5. The lowest BCUT2D eigenvalue weighted by Gasteiger charge is -2.09. The summed E-state index contributed by atoms with van der Waals surface area (Å²) in [7, 11) is 0. The van der Waals surface area contributed by atoms with Crippen molar-refractivity contribution < 1.29 is 4.79 Å². The second kappa shape index (κ2) is 8.33. The number of H-pyrrole nitrogens is 1. The molecule has 0 spiro atoms. The van der Waals surface area contributed by atoms with Crippen LogP contribution >= 0.6 is 23.4 Å². The van der Waals surface area contributed by atoms with E-state index in [9.17, 15) is 9.59 Å². The van der Waals surface area contributed by atoms with E-state index in [0.29, 0.717) is 26.9 Å². The number of hydrogen-bond acceptors (Lipinski definition) is 5. The number of carbonyl (C=O) groups is 1. The van der Waals surface area contributed by atoms with E-state index in [1.165, 1.54) is 6.20 Å². The summed E-state index contributed by atoms with van der Waals surface area (Å²) in [5, 5.41) is 8.41. The van der Waals surface area contributed by atoms with E-state index < -0.39 is 0 Å². The number of benzene rings is 2. The molecule has 0 fully saturated rings. The van der Waals surface area contributed by atoms with Gasteiger partial charge in [0, 0.05) is 10.7 Å². The Balaban J connectivity index is 1.59. The summed E-state index contributed by atoms with van der Waals surface area (Å²) in [6.07, 6.45) is 1.50. The van der Waals surface area contributed by atoms with Crippen LogP contribution in [0.15, 0.2) is 58.6 Å². The minimum absolute atomic E-state index is 0.0819. The third kappa shape index (κ3) is 4.10. The van der Waals surface area contributed by atoms with E-state index in [0.717, 1.165) is 28.6 Å². The molecule has 0 saturated carbocycles. The highest BCUT2D eigenvalue weighted by Crippen LogP contribution is 2.22. The number of nitrogens with one attached hydrogen (secondary N) is 2. The SMILES string of the molecule is Cc1cccc(-n2ncc3c(=O)[nH]c(SCC(=O)Nc4cccc(Cl)c4)nc32)c1C. The number of thioether (sulfide) groups is 1.